The molecule has 1 aromatic rings. The van der Waals surface area contributed by atoms with Crippen molar-refractivity contribution < 1.29 is 14.3 Å². The molecular formula is C16H22ClNO3. The second-order valence-electron chi connectivity index (χ2n) is 4.78. The number of halogens is 1. The minimum absolute atomic E-state index is 0.0461. The zero-order valence-electron chi connectivity index (χ0n) is 13.1. The minimum Gasteiger partial charge on any atom is -0.493 e. The normalized spacial score (nSPS) is 12.3. The first-order chi connectivity index (χ1) is 9.94. The molecule has 0 saturated carbocycles. The van der Waals surface area contributed by atoms with E-state index < -0.39 is 0 Å². The SMILES string of the molecule is CC[C@H](C)N(C)C(=O)/C=C/c1cc(Cl)c(OC)c(OC)c1. The number of ether oxygens (including phenoxy) is 2. The smallest absolute Gasteiger partial charge is 0.246 e. The van der Waals surface area contributed by atoms with Gasteiger partial charge in [0.2, 0.25) is 5.91 Å². The van der Waals surface area contributed by atoms with Crippen LogP contribution in [-0.2, 0) is 4.79 Å². The Hall–Kier alpha value is -1.68. The van der Waals surface area contributed by atoms with E-state index in [1.807, 2.05) is 13.8 Å². The molecule has 1 rings (SSSR count). The van der Waals surface area contributed by atoms with Gasteiger partial charge in [0, 0.05) is 19.2 Å². The van der Waals surface area contributed by atoms with E-state index in [1.54, 1.807) is 37.3 Å². The van der Waals surface area contributed by atoms with Crippen LogP contribution < -0.4 is 9.47 Å². The van der Waals surface area contributed by atoms with Crippen molar-refractivity contribution in [1.29, 1.82) is 0 Å². The molecule has 21 heavy (non-hydrogen) atoms. The van der Waals surface area contributed by atoms with Crippen molar-refractivity contribution in [2.45, 2.75) is 26.3 Å². The molecule has 116 valence electrons. The molecule has 0 bridgehead atoms. The summed E-state index contributed by atoms with van der Waals surface area (Å²) in [4.78, 5) is 13.7. The summed E-state index contributed by atoms with van der Waals surface area (Å²) in [6.07, 6.45) is 4.16. The minimum atomic E-state index is -0.0461. The Bertz CT molecular complexity index is 528. The molecule has 0 saturated heterocycles. The average molecular weight is 312 g/mol. The van der Waals surface area contributed by atoms with E-state index in [4.69, 9.17) is 21.1 Å². The summed E-state index contributed by atoms with van der Waals surface area (Å²) in [6, 6.07) is 3.71. The molecule has 1 atom stereocenters. The lowest BCUT2D eigenvalue weighted by atomic mass is 10.1. The van der Waals surface area contributed by atoms with E-state index in [-0.39, 0.29) is 11.9 Å². The van der Waals surface area contributed by atoms with Gasteiger partial charge in [-0.2, -0.15) is 0 Å². The maximum atomic E-state index is 12.0. The predicted octanol–water partition coefficient (Wildman–Crippen LogP) is 3.63. The van der Waals surface area contributed by atoms with Crippen molar-refractivity contribution in [2.75, 3.05) is 21.3 Å². The third kappa shape index (κ3) is 4.39. The van der Waals surface area contributed by atoms with Gasteiger partial charge in [0.05, 0.1) is 19.2 Å². The zero-order valence-corrected chi connectivity index (χ0v) is 13.9. The molecule has 0 aliphatic heterocycles. The molecule has 0 radical (unpaired) electrons. The van der Waals surface area contributed by atoms with Crippen LogP contribution >= 0.6 is 11.6 Å². The molecular weight excluding hydrogens is 290 g/mol. The van der Waals surface area contributed by atoms with Crippen LogP contribution in [0.3, 0.4) is 0 Å². The lowest BCUT2D eigenvalue weighted by Gasteiger charge is -2.22. The molecule has 0 aromatic heterocycles. The highest BCUT2D eigenvalue weighted by atomic mass is 35.5. The Balaban J connectivity index is 2.95. The van der Waals surface area contributed by atoms with Crippen molar-refractivity contribution in [1.82, 2.24) is 4.90 Å². The number of carbonyl (C=O) groups excluding carboxylic acids is 1. The number of methoxy groups -OCH3 is 2. The molecule has 4 nitrogen and oxygen atoms in total. The van der Waals surface area contributed by atoms with Crippen LogP contribution in [0.5, 0.6) is 11.5 Å². The Morgan fingerprint density at radius 3 is 2.57 bits per heavy atom. The third-order valence-corrected chi connectivity index (χ3v) is 3.75. The zero-order chi connectivity index (χ0) is 16.0. The standard InChI is InChI=1S/C16H22ClNO3/c1-6-11(2)18(3)15(19)8-7-12-9-13(17)16(21-5)14(10-12)20-4/h7-11H,6H2,1-5H3/b8-7+/t11-/m0/s1. The molecule has 0 fully saturated rings. The van der Waals surface area contributed by atoms with E-state index in [0.29, 0.717) is 16.5 Å². The molecule has 0 heterocycles. The number of rotatable bonds is 6. The topological polar surface area (TPSA) is 38.8 Å². The van der Waals surface area contributed by atoms with Gasteiger partial charge in [-0.05, 0) is 37.1 Å². The highest BCUT2D eigenvalue weighted by Gasteiger charge is 2.12. The Labute approximate surface area is 131 Å². The van der Waals surface area contributed by atoms with Gasteiger partial charge >= 0.3 is 0 Å². The summed E-state index contributed by atoms with van der Waals surface area (Å²) < 4.78 is 10.4. The Morgan fingerprint density at radius 2 is 2.05 bits per heavy atom. The van der Waals surface area contributed by atoms with Gasteiger partial charge in [-0.1, -0.05) is 18.5 Å². The largest absolute Gasteiger partial charge is 0.493 e. The Kier molecular flexibility index (Phi) is 6.56. The predicted molar refractivity (Wildman–Crippen MR) is 86.1 cm³/mol. The van der Waals surface area contributed by atoms with Crippen LogP contribution in [0, 0.1) is 0 Å². The fraction of sp³-hybridized carbons (Fsp3) is 0.438. The molecule has 0 unspecified atom stereocenters. The number of hydrogen-bond acceptors (Lipinski definition) is 3. The first-order valence-electron chi connectivity index (χ1n) is 6.80. The van der Waals surface area contributed by atoms with Crippen molar-refractivity contribution in [3.05, 3.63) is 28.8 Å². The second-order valence-corrected chi connectivity index (χ2v) is 5.19. The van der Waals surface area contributed by atoms with Crippen LogP contribution in [0.15, 0.2) is 18.2 Å². The molecule has 0 N–H and O–H groups in total. The molecule has 1 aromatic carbocycles. The van der Waals surface area contributed by atoms with Gasteiger partial charge in [0.1, 0.15) is 0 Å². The van der Waals surface area contributed by atoms with Crippen LogP contribution in [0.4, 0.5) is 0 Å². The summed E-state index contributed by atoms with van der Waals surface area (Å²) in [7, 11) is 4.87. The van der Waals surface area contributed by atoms with Crippen LogP contribution in [0.1, 0.15) is 25.8 Å². The van der Waals surface area contributed by atoms with Crippen molar-refractivity contribution in [3.8, 4) is 11.5 Å². The van der Waals surface area contributed by atoms with E-state index in [9.17, 15) is 4.79 Å². The first-order valence-corrected chi connectivity index (χ1v) is 7.18. The number of likely N-dealkylation sites (N-methyl/N-ethyl adjacent to an activating group) is 1. The number of carbonyl (C=O) groups is 1. The van der Waals surface area contributed by atoms with Gasteiger partial charge < -0.3 is 14.4 Å². The summed E-state index contributed by atoms with van der Waals surface area (Å²) >= 11 is 6.13. The van der Waals surface area contributed by atoms with Crippen LogP contribution in [0.2, 0.25) is 5.02 Å². The summed E-state index contributed by atoms with van der Waals surface area (Å²) in [5.41, 5.74) is 0.781. The van der Waals surface area contributed by atoms with Crippen LogP contribution in [-0.4, -0.2) is 38.1 Å². The monoisotopic (exact) mass is 311 g/mol. The van der Waals surface area contributed by atoms with E-state index in [1.165, 1.54) is 13.2 Å². The second kappa shape index (κ2) is 7.93. The van der Waals surface area contributed by atoms with Crippen molar-refractivity contribution in [2.24, 2.45) is 0 Å². The van der Waals surface area contributed by atoms with Gasteiger partial charge in [0.25, 0.3) is 0 Å². The highest BCUT2D eigenvalue weighted by Crippen LogP contribution is 2.36. The summed E-state index contributed by atoms with van der Waals surface area (Å²) in [6.45, 7) is 4.06. The van der Waals surface area contributed by atoms with E-state index >= 15 is 0 Å². The molecule has 0 aliphatic carbocycles. The number of nitrogens with zero attached hydrogens (tertiary/aromatic N) is 1. The molecule has 0 aliphatic rings. The first kappa shape index (κ1) is 17.4. The number of amides is 1. The third-order valence-electron chi connectivity index (χ3n) is 3.47. The maximum absolute atomic E-state index is 12.0. The summed E-state index contributed by atoms with van der Waals surface area (Å²) in [5, 5.41) is 0.444. The fourth-order valence-electron chi connectivity index (χ4n) is 1.81. The van der Waals surface area contributed by atoms with Gasteiger partial charge in [-0.3, -0.25) is 4.79 Å². The maximum Gasteiger partial charge on any atom is 0.246 e. The molecule has 0 spiro atoms. The van der Waals surface area contributed by atoms with Gasteiger partial charge in [0.15, 0.2) is 11.5 Å². The highest BCUT2D eigenvalue weighted by molar-refractivity contribution is 6.32. The quantitative estimate of drug-likeness (QED) is 0.753. The Morgan fingerprint density at radius 1 is 1.38 bits per heavy atom. The average Bonchev–Trinajstić information content (AvgIpc) is 2.50. The lowest BCUT2D eigenvalue weighted by molar-refractivity contribution is -0.126. The molecule has 1 amide bonds. The molecule has 5 heteroatoms. The number of hydrogen-bond donors (Lipinski definition) is 0. The number of benzene rings is 1. The van der Waals surface area contributed by atoms with Crippen molar-refractivity contribution in [3.63, 3.8) is 0 Å². The van der Waals surface area contributed by atoms with E-state index in [0.717, 1.165) is 12.0 Å². The summed E-state index contributed by atoms with van der Waals surface area (Å²) in [5.74, 6) is 0.974. The van der Waals surface area contributed by atoms with Gasteiger partial charge in [-0.15, -0.1) is 0 Å². The lowest BCUT2D eigenvalue weighted by Crippen LogP contribution is -2.33. The van der Waals surface area contributed by atoms with E-state index in [2.05, 4.69) is 0 Å². The fourth-order valence-corrected chi connectivity index (χ4v) is 2.11. The van der Waals surface area contributed by atoms with Crippen molar-refractivity contribution >= 4 is 23.6 Å². The van der Waals surface area contributed by atoms with Gasteiger partial charge in [-0.25, -0.2) is 0 Å². The van der Waals surface area contributed by atoms with Crippen LogP contribution in [0.25, 0.3) is 6.08 Å².